The molecule has 8 nitrogen and oxygen atoms in total. The molecule has 5 aromatic rings. The fourth-order valence-electron chi connectivity index (χ4n) is 4.16. The highest BCUT2D eigenvalue weighted by molar-refractivity contribution is 6.08. The fraction of sp³-hybridized carbons (Fsp3) is 0.0345. The van der Waals surface area contributed by atoms with Crippen molar-refractivity contribution in [3.63, 3.8) is 0 Å². The van der Waals surface area contributed by atoms with Crippen LogP contribution in [0.4, 0.5) is 5.69 Å². The SMILES string of the molecule is O=C1COc2ccc(C(=O)/C=C/c3cn(-c4ccccc4)nc3-c3cc4ccccc4oc3=O)cc2N1. The summed E-state index contributed by atoms with van der Waals surface area (Å²) in [5.74, 6) is -0.0546. The lowest BCUT2D eigenvalue weighted by Gasteiger charge is -2.17. The van der Waals surface area contributed by atoms with Crippen LogP contribution in [0.5, 0.6) is 5.75 Å². The van der Waals surface area contributed by atoms with Gasteiger partial charge in [-0.05, 0) is 54.6 Å². The van der Waals surface area contributed by atoms with Crippen molar-refractivity contribution in [1.82, 2.24) is 9.78 Å². The van der Waals surface area contributed by atoms with Gasteiger partial charge in [-0.25, -0.2) is 9.48 Å². The van der Waals surface area contributed by atoms with Gasteiger partial charge in [0.15, 0.2) is 12.4 Å². The van der Waals surface area contributed by atoms with Gasteiger partial charge in [0, 0.05) is 22.7 Å². The van der Waals surface area contributed by atoms with Gasteiger partial charge in [-0.2, -0.15) is 5.10 Å². The number of allylic oxidation sites excluding steroid dienone is 1. The molecule has 0 radical (unpaired) electrons. The molecule has 180 valence electrons. The molecule has 6 rings (SSSR count). The summed E-state index contributed by atoms with van der Waals surface area (Å²) in [7, 11) is 0. The molecule has 1 aliphatic rings. The van der Waals surface area contributed by atoms with E-state index in [9.17, 15) is 14.4 Å². The van der Waals surface area contributed by atoms with Gasteiger partial charge >= 0.3 is 5.63 Å². The van der Waals surface area contributed by atoms with E-state index in [1.54, 1.807) is 53.4 Å². The summed E-state index contributed by atoms with van der Waals surface area (Å²) in [6.45, 7) is -0.0584. The topological polar surface area (TPSA) is 103 Å². The Morgan fingerprint density at radius 1 is 0.973 bits per heavy atom. The number of carbonyl (C=O) groups excluding carboxylic acids is 2. The molecule has 1 amide bonds. The van der Waals surface area contributed by atoms with Gasteiger partial charge in [0.25, 0.3) is 5.91 Å². The predicted octanol–water partition coefficient (Wildman–Crippen LogP) is 4.87. The summed E-state index contributed by atoms with van der Waals surface area (Å²) in [6.07, 6.45) is 4.78. The highest BCUT2D eigenvalue weighted by atomic mass is 16.5. The Bertz CT molecular complexity index is 1770. The van der Waals surface area contributed by atoms with Crippen LogP contribution in [0.15, 0.2) is 100 Å². The molecule has 3 aromatic carbocycles. The quantitative estimate of drug-likeness (QED) is 0.215. The Labute approximate surface area is 210 Å². The van der Waals surface area contributed by atoms with Gasteiger partial charge in [-0.15, -0.1) is 0 Å². The van der Waals surface area contributed by atoms with E-state index >= 15 is 0 Å². The zero-order valence-electron chi connectivity index (χ0n) is 19.4. The Balaban J connectivity index is 1.41. The van der Waals surface area contributed by atoms with Crippen LogP contribution in [-0.4, -0.2) is 28.1 Å². The first-order chi connectivity index (χ1) is 18.0. The molecule has 0 saturated heterocycles. The van der Waals surface area contributed by atoms with E-state index in [-0.39, 0.29) is 23.9 Å². The van der Waals surface area contributed by atoms with E-state index in [4.69, 9.17) is 9.15 Å². The van der Waals surface area contributed by atoms with Gasteiger partial charge in [-0.1, -0.05) is 36.4 Å². The lowest BCUT2D eigenvalue weighted by atomic mass is 10.1. The number of fused-ring (bicyclic) bond motifs is 2. The van der Waals surface area contributed by atoms with Crippen LogP contribution in [-0.2, 0) is 4.79 Å². The van der Waals surface area contributed by atoms with Gasteiger partial charge in [-0.3, -0.25) is 9.59 Å². The summed E-state index contributed by atoms with van der Waals surface area (Å²) in [5.41, 5.74) is 2.81. The number of ether oxygens (including phenoxy) is 1. The molecule has 0 unspecified atom stereocenters. The number of anilines is 1. The number of carbonyl (C=O) groups is 2. The van der Waals surface area contributed by atoms with Crippen molar-refractivity contribution >= 4 is 34.4 Å². The maximum absolute atomic E-state index is 13.0. The number of para-hydroxylation sites is 2. The van der Waals surface area contributed by atoms with Crippen molar-refractivity contribution < 1.29 is 18.7 Å². The Morgan fingerprint density at radius 2 is 1.78 bits per heavy atom. The number of amides is 1. The van der Waals surface area contributed by atoms with E-state index in [1.165, 1.54) is 6.08 Å². The summed E-state index contributed by atoms with van der Waals surface area (Å²) in [5, 5.41) is 8.13. The van der Waals surface area contributed by atoms with E-state index < -0.39 is 5.63 Å². The summed E-state index contributed by atoms with van der Waals surface area (Å²) < 4.78 is 12.5. The van der Waals surface area contributed by atoms with Gasteiger partial charge in [0.1, 0.15) is 17.0 Å². The molecule has 37 heavy (non-hydrogen) atoms. The van der Waals surface area contributed by atoms with Crippen molar-refractivity contribution in [2.75, 3.05) is 11.9 Å². The molecular weight excluding hydrogens is 470 g/mol. The third-order valence-electron chi connectivity index (χ3n) is 5.97. The smallest absolute Gasteiger partial charge is 0.345 e. The maximum atomic E-state index is 13.0. The second kappa shape index (κ2) is 9.09. The molecule has 0 aliphatic carbocycles. The molecule has 2 aromatic heterocycles. The zero-order valence-corrected chi connectivity index (χ0v) is 19.4. The normalized spacial score (nSPS) is 12.8. The number of ketones is 1. The van der Waals surface area contributed by atoms with Crippen LogP contribution >= 0.6 is 0 Å². The molecule has 0 bridgehead atoms. The summed E-state index contributed by atoms with van der Waals surface area (Å²) >= 11 is 0. The highest BCUT2D eigenvalue weighted by Crippen LogP contribution is 2.29. The van der Waals surface area contributed by atoms with Crippen LogP contribution < -0.4 is 15.7 Å². The second-order valence-electron chi connectivity index (χ2n) is 8.44. The van der Waals surface area contributed by atoms with Gasteiger partial charge < -0.3 is 14.5 Å². The standard InChI is InChI=1S/C29H19N3O5/c33-24(18-11-13-26-23(15-18)30-27(34)17-36-26)12-10-20-16-32(21-7-2-1-3-8-21)31-28(20)22-14-19-6-4-5-9-25(19)37-29(22)35/h1-16H,17H2,(H,30,34)/b12-10+. The number of benzene rings is 3. The molecule has 8 heteroatoms. The van der Waals surface area contributed by atoms with Crippen LogP contribution in [0, 0.1) is 0 Å². The van der Waals surface area contributed by atoms with E-state index in [0.717, 1.165) is 11.1 Å². The minimum absolute atomic E-state index is 0.0584. The summed E-state index contributed by atoms with van der Waals surface area (Å²) in [6, 6.07) is 23.3. The Kier molecular flexibility index (Phi) is 5.46. The van der Waals surface area contributed by atoms with Crippen LogP contribution in [0.3, 0.4) is 0 Å². The van der Waals surface area contributed by atoms with Crippen molar-refractivity contribution in [2.24, 2.45) is 0 Å². The highest BCUT2D eigenvalue weighted by Gasteiger charge is 2.19. The lowest BCUT2D eigenvalue weighted by molar-refractivity contribution is -0.118. The number of hydrogen-bond donors (Lipinski definition) is 1. The van der Waals surface area contributed by atoms with E-state index in [0.29, 0.717) is 33.8 Å². The first kappa shape index (κ1) is 22.2. The van der Waals surface area contributed by atoms with Crippen molar-refractivity contribution in [1.29, 1.82) is 0 Å². The largest absolute Gasteiger partial charge is 0.482 e. The van der Waals surface area contributed by atoms with E-state index in [2.05, 4.69) is 10.4 Å². The van der Waals surface area contributed by atoms with Crippen LogP contribution in [0.2, 0.25) is 0 Å². The molecule has 0 spiro atoms. The van der Waals surface area contributed by atoms with Crippen molar-refractivity contribution in [2.45, 2.75) is 0 Å². The van der Waals surface area contributed by atoms with Crippen molar-refractivity contribution in [3.8, 4) is 22.7 Å². The summed E-state index contributed by atoms with van der Waals surface area (Å²) in [4.78, 5) is 37.5. The average Bonchev–Trinajstić information content (AvgIpc) is 3.35. The van der Waals surface area contributed by atoms with Crippen LogP contribution in [0.1, 0.15) is 15.9 Å². The molecule has 3 heterocycles. The number of rotatable bonds is 5. The second-order valence-corrected chi connectivity index (χ2v) is 8.44. The molecule has 1 N–H and O–H groups in total. The average molecular weight is 489 g/mol. The van der Waals surface area contributed by atoms with Gasteiger partial charge in [0.2, 0.25) is 0 Å². The third kappa shape index (κ3) is 4.32. The lowest BCUT2D eigenvalue weighted by Crippen LogP contribution is -2.25. The molecule has 0 fully saturated rings. The van der Waals surface area contributed by atoms with E-state index in [1.807, 2.05) is 42.5 Å². The first-order valence-electron chi connectivity index (χ1n) is 11.5. The Hall–Kier alpha value is -5.24. The fourth-order valence-corrected chi connectivity index (χ4v) is 4.16. The third-order valence-corrected chi connectivity index (χ3v) is 5.97. The maximum Gasteiger partial charge on any atom is 0.345 e. The Morgan fingerprint density at radius 3 is 2.65 bits per heavy atom. The molecular formula is C29H19N3O5. The predicted molar refractivity (Wildman–Crippen MR) is 139 cm³/mol. The minimum atomic E-state index is -0.525. The number of hydrogen-bond acceptors (Lipinski definition) is 6. The number of nitrogens with one attached hydrogen (secondary N) is 1. The monoisotopic (exact) mass is 489 g/mol. The molecule has 0 saturated carbocycles. The number of aromatic nitrogens is 2. The first-order valence-corrected chi connectivity index (χ1v) is 11.5. The van der Waals surface area contributed by atoms with Crippen molar-refractivity contribution in [3.05, 3.63) is 113 Å². The molecule has 0 atom stereocenters. The number of nitrogens with zero attached hydrogens (tertiary/aromatic N) is 2. The van der Waals surface area contributed by atoms with Gasteiger partial charge in [0.05, 0.1) is 16.9 Å². The minimum Gasteiger partial charge on any atom is -0.482 e. The molecule has 1 aliphatic heterocycles. The zero-order chi connectivity index (χ0) is 25.4. The van der Waals surface area contributed by atoms with Crippen LogP contribution in [0.25, 0.3) is 34.0 Å².